The first kappa shape index (κ1) is 30.8. The van der Waals surface area contributed by atoms with Gasteiger partial charge in [-0.05, 0) is 99.9 Å². The van der Waals surface area contributed by atoms with Crippen LogP contribution in [0.25, 0.3) is 44.8 Å². The molecule has 1 saturated heterocycles. The van der Waals surface area contributed by atoms with Crippen LogP contribution in [0.3, 0.4) is 0 Å². The van der Waals surface area contributed by atoms with Crippen molar-refractivity contribution in [1.82, 2.24) is 24.0 Å². The van der Waals surface area contributed by atoms with Crippen LogP contribution in [0.15, 0.2) is 48.5 Å². The Bertz CT molecular complexity index is 2080. The number of carbonyl (C=O) groups excluding carboxylic acids is 1. The molecule has 2 aromatic carbocycles. The lowest BCUT2D eigenvalue weighted by Crippen LogP contribution is -2.41. The lowest BCUT2D eigenvalue weighted by molar-refractivity contribution is 0.0272. The van der Waals surface area contributed by atoms with Gasteiger partial charge in [-0.2, -0.15) is 0 Å². The van der Waals surface area contributed by atoms with Gasteiger partial charge < -0.3 is 34.3 Å². The zero-order chi connectivity index (χ0) is 33.5. The summed E-state index contributed by atoms with van der Waals surface area (Å²) in [6.45, 7) is 4.68. The standard InChI is InChI=1S/C37H41FN6O4/c1-37(2,46)19-48-30-12-9-21(13-25(30)38)26-10-7-22-15-29(43(34(22)40-26)17-20-5-6-20)35-41-27-14-24(16-31(47-4)33(27)42(35)3)36(45)44-18-23-8-11-28(44)32(23)39/h7,9-10,12-16,20,23,28,32,46H,5-6,8,11,17-19,39H2,1-4H3/t23?,28?,32-/m1/s1. The van der Waals surface area contributed by atoms with E-state index in [0.717, 1.165) is 60.3 Å². The van der Waals surface area contributed by atoms with E-state index >= 15 is 4.39 Å². The molecule has 3 aromatic heterocycles. The molecular formula is C37H41FN6O4. The van der Waals surface area contributed by atoms with Crippen LogP contribution in [0, 0.1) is 17.7 Å². The minimum atomic E-state index is -1.08. The second kappa shape index (κ2) is 11.3. The zero-order valence-electron chi connectivity index (χ0n) is 27.7. The van der Waals surface area contributed by atoms with Gasteiger partial charge in [0.05, 0.1) is 29.6 Å². The molecule has 3 aliphatic rings. The highest BCUT2D eigenvalue weighted by molar-refractivity contribution is 6.00. The number of piperidine rings is 1. The Morgan fingerprint density at radius 1 is 1.06 bits per heavy atom. The molecule has 0 spiro atoms. The lowest BCUT2D eigenvalue weighted by atomic mass is 10.1. The van der Waals surface area contributed by atoms with Crippen LogP contribution in [-0.4, -0.2) is 73.0 Å². The van der Waals surface area contributed by atoms with Crippen molar-refractivity contribution in [3.8, 4) is 34.3 Å². The summed E-state index contributed by atoms with van der Waals surface area (Å²) in [6.07, 6.45) is 4.33. The molecule has 48 heavy (non-hydrogen) atoms. The van der Waals surface area contributed by atoms with Crippen LogP contribution in [0.5, 0.6) is 11.5 Å². The first-order valence-corrected chi connectivity index (χ1v) is 16.8. The largest absolute Gasteiger partial charge is 0.494 e. The van der Waals surface area contributed by atoms with Crippen LogP contribution in [0.4, 0.5) is 4.39 Å². The number of rotatable bonds is 9. The molecule has 2 aliphatic carbocycles. The van der Waals surface area contributed by atoms with E-state index in [1.54, 1.807) is 33.1 Å². The number of ether oxygens (including phenoxy) is 2. The van der Waals surface area contributed by atoms with Gasteiger partial charge in [0.1, 0.15) is 23.5 Å². The number of likely N-dealkylation sites (tertiary alicyclic amines) is 1. The van der Waals surface area contributed by atoms with Crippen LogP contribution in [-0.2, 0) is 13.6 Å². The molecule has 3 atom stereocenters. The van der Waals surface area contributed by atoms with E-state index in [4.69, 9.17) is 25.2 Å². The summed E-state index contributed by atoms with van der Waals surface area (Å²) in [7, 11) is 3.59. The van der Waals surface area contributed by atoms with Crippen molar-refractivity contribution in [1.29, 1.82) is 0 Å². The number of aliphatic hydroxyl groups is 1. The molecule has 3 N–H and O–H groups in total. The van der Waals surface area contributed by atoms with Crippen LogP contribution >= 0.6 is 0 Å². The minimum absolute atomic E-state index is 0.0231. The van der Waals surface area contributed by atoms with Gasteiger partial charge in [-0.1, -0.05) is 0 Å². The Kier molecular flexibility index (Phi) is 7.26. The van der Waals surface area contributed by atoms with E-state index in [9.17, 15) is 9.90 Å². The van der Waals surface area contributed by atoms with Gasteiger partial charge in [0.25, 0.3) is 5.91 Å². The Balaban J connectivity index is 1.18. The Morgan fingerprint density at radius 3 is 2.54 bits per heavy atom. The lowest BCUT2D eigenvalue weighted by Gasteiger charge is -2.27. The summed E-state index contributed by atoms with van der Waals surface area (Å²) in [5, 5.41) is 10.9. The van der Waals surface area contributed by atoms with E-state index in [1.807, 2.05) is 40.8 Å². The second-order valence-corrected chi connectivity index (χ2v) is 14.4. The summed E-state index contributed by atoms with van der Waals surface area (Å²) in [6, 6.07) is 14.6. The van der Waals surface area contributed by atoms with Crippen LogP contribution in [0.1, 0.15) is 49.9 Å². The maximum Gasteiger partial charge on any atom is 0.254 e. The molecule has 2 bridgehead atoms. The number of aryl methyl sites for hydroxylation is 1. The minimum Gasteiger partial charge on any atom is -0.494 e. The van der Waals surface area contributed by atoms with Gasteiger partial charge in [-0.15, -0.1) is 0 Å². The molecule has 4 heterocycles. The first-order valence-electron chi connectivity index (χ1n) is 16.8. The third-order valence-corrected chi connectivity index (χ3v) is 10.2. The number of pyridine rings is 1. The summed E-state index contributed by atoms with van der Waals surface area (Å²) in [5.41, 5.74) is 10.4. The number of fused-ring (bicyclic) bond motifs is 4. The summed E-state index contributed by atoms with van der Waals surface area (Å²) < 4.78 is 30.6. The number of hydrogen-bond acceptors (Lipinski definition) is 7. The SMILES string of the molecule is COc1cc(C(=O)N2CC3CCC2[C@@H]3N)cc2nc(-c3cc4ccc(-c5ccc(OCC(C)(C)O)c(F)c5)nc4n3CC3CC3)n(C)c12. The molecule has 0 radical (unpaired) electrons. The Morgan fingerprint density at radius 2 is 1.88 bits per heavy atom. The van der Waals surface area contributed by atoms with Gasteiger partial charge in [0, 0.05) is 48.7 Å². The molecule has 250 valence electrons. The number of nitrogens with zero attached hydrogens (tertiary/aromatic N) is 5. The molecule has 1 amide bonds. The predicted molar refractivity (Wildman–Crippen MR) is 181 cm³/mol. The molecule has 11 heteroatoms. The van der Waals surface area contributed by atoms with E-state index in [-0.39, 0.29) is 30.3 Å². The summed E-state index contributed by atoms with van der Waals surface area (Å²) in [5.74, 6) is 1.79. The van der Waals surface area contributed by atoms with Crippen LogP contribution < -0.4 is 15.2 Å². The predicted octanol–water partition coefficient (Wildman–Crippen LogP) is 5.53. The quantitative estimate of drug-likeness (QED) is 0.215. The number of aromatic nitrogens is 4. The van der Waals surface area contributed by atoms with Crippen molar-refractivity contribution in [2.45, 2.75) is 63.8 Å². The maximum atomic E-state index is 15.0. The first-order chi connectivity index (χ1) is 23.0. The summed E-state index contributed by atoms with van der Waals surface area (Å²) in [4.78, 5) is 25.8. The highest BCUT2D eigenvalue weighted by Crippen LogP contribution is 2.40. The highest BCUT2D eigenvalue weighted by atomic mass is 19.1. The molecule has 2 saturated carbocycles. The molecule has 1 aliphatic heterocycles. The smallest absolute Gasteiger partial charge is 0.254 e. The van der Waals surface area contributed by atoms with Gasteiger partial charge in [0.2, 0.25) is 0 Å². The molecule has 3 fully saturated rings. The van der Waals surface area contributed by atoms with Gasteiger partial charge in [-0.3, -0.25) is 4.79 Å². The van der Waals surface area contributed by atoms with E-state index < -0.39 is 11.4 Å². The maximum absolute atomic E-state index is 15.0. The van der Waals surface area contributed by atoms with Crippen molar-refractivity contribution in [2.24, 2.45) is 24.6 Å². The fourth-order valence-corrected chi connectivity index (χ4v) is 7.51. The number of benzene rings is 2. The monoisotopic (exact) mass is 652 g/mol. The topological polar surface area (TPSA) is 121 Å². The highest BCUT2D eigenvalue weighted by Gasteiger charge is 2.47. The number of halogens is 1. The summed E-state index contributed by atoms with van der Waals surface area (Å²) >= 11 is 0. The van der Waals surface area contributed by atoms with Gasteiger partial charge in [0.15, 0.2) is 17.4 Å². The molecule has 10 nitrogen and oxygen atoms in total. The zero-order valence-corrected chi connectivity index (χ0v) is 27.7. The average Bonchev–Trinajstić information content (AvgIpc) is 3.46. The second-order valence-electron chi connectivity index (χ2n) is 14.4. The van der Waals surface area contributed by atoms with Gasteiger partial charge >= 0.3 is 0 Å². The molecule has 5 aromatic rings. The third-order valence-electron chi connectivity index (χ3n) is 10.2. The fourth-order valence-electron chi connectivity index (χ4n) is 7.51. The van der Waals surface area contributed by atoms with E-state index in [0.29, 0.717) is 46.5 Å². The number of hydrogen-bond donors (Lipinski definition) is 2. The molecule has 2 unspecified atom stereocenters. The van der Waals surface area contributed by atoms with Crippen molar-refractivity contribution >= 4 is 28.0 Å². The third kappa shape index (κ3) is 5.29. The number of carbonyl (C=O) groups is 1. The number of nitrogens with two attached hydrogens (primary N) is 1. The normalized spacial score (nSPS) is 20.7. The number of imidazole rings is 1. The Hall–Kier alpha value is -4.48. The van der Waals surface area contributed by atoms with Gasteiger partial charge in [-0.25, -0.2) is 14.4 Å². The molecular weight excluding hydrogens is 611 g/mol. The Labute approximate surface area is 278 Å². The molecule has 8 rings (SSSR count). The van der Waals surface area contributed by atoms with E-state index in [1.165, 1.54) is 6.07 Å². The van der Waals surface area contributed by atoms with Crippen molar-refractivity contribution in [3.05, 3.63) is 59.9 Å². The average molecular weight is 653 g/mol. The number of methoxy groups -OCH3 is 1. The van der Waals surface area contributed by atoms with Crippen molar-refractivity contribution in [3.63, 3.8) is 0 Å². The van der Waals surface area contributed by atoms with E-state index in [2.05, 4.69) is 10.6 Å². The fraction of sp³-hybridized carbons (Fsp3) is 0.432. The van der Waals surface area contributed by atoms with Crippen LogP contribution in [0.2, 0.25) is 0 Å². The number of amides is 1. The van der Waals surface area contributed by atoms with Crippen molar-refractivity contribution in [2.75, 3.05) is 20.3 Å². The van der Waals surface area contributed by atoms with Crippen molar-refractivity contribution < 1.29 is 23.8 Å².